The number of fused-ring (bicyclic) bond motifs is 34. The molecule has 16 bridgehead atoms. The highest BCUT2D eigenvalue weighted by atomic mass is 19.4. The fourth-order valence-electron chi connectivity index (χ4n) is 18.6. The normalized spacial score (nSPS) is 15.9. The van der Waals surface area contributed by atoms with E-state index in [-0.39, 0.29) is 45.8 Å². The molecular weight excluding hydrogens is 1890 g/mol. The Kier molecular flexibility index (Phi) is 22.5. The van der Waals surface area contributed by atoms with E-state index < -0.39 is 139 Å². The molecule has 4 amide bonds. The van der Waals surface area contributed by atoms with Crippen LogP contribution in [0.15, 0.2) is 313 Å². The van der Waals surface area contributed by atoms with Crippen LogP contribution < -0.4 is 53.9 Å². The molecular formula is C106H72F6N22O12. The van der Waals surface area contributed by atoms with Crippen molar-refractivity contribution < 1.29 is 85.1 Å². The third-order valence-corrected chi connectivity index (χ3v) is 26.4. The Morgan fingerprint density at radius 3 is 0.829 bits per heavy atom. The molecule has 14 aromatic rings. The van der Waals surface area contributed by atoms with Crippen LogP contribution in [0.2, 0.25) is 0 Å². The van der Waals surface area contributed by atoms with Gasteiger partial charge in [-0.2, -0.15) is 26.3 Å². The van der Waals surface area contributed by atoms with E-state index in [1.54, 1.807) is 50.5 Å². The zero-order valence-electron chi connectivity index (χ0n) is 76.8. The molecule has 4 unspecified atom stereocenters. The zero-order chi connectivity index (χ0) is 102. The number of aromatic carboxylic acids is 4. The number of rotatable bonds is 16. The summed E-state index contributed by atoms with van der Waals surface area (Å²) in [6.45, 7) is 1.51. The third kappa shape index (κ3) is 15.8. The Morgan fingerprint density at radius 2 is 0.527 bits per heavy atom. The fourth-order valence-corrected chi connectivity index (χ4v) is 18.6. The number of carbonyl (C=O) groups excluding carboxylic acids is 4. The topological polar surface area (TPSA) is 494 Å². The SMILES string of the molecule is CNC(=O)c1ccc(C(C)(c2ccc(C(=O)Nc3ccc4c(c3)C3=NC4=NC4N=C(N=C5N=C(N=c6[nH]c(c7cc(NC)ccc67)=N3)c3ccccc35)c3ccccc34)c(C(=O)O)c2)C(F)(F)F)cc1C(=O)O.CNC(=O)c1ccc(C(C)(c2ccc(C(=O)Nc3ccc4c(c3)C3=NC4=NC4N=C(N=C5N=C(N=c6[nH]c(c7ccc(NC)cc67)=N3)c3ccccc35)c3ccccc34)c(C(=O)O)c2)C(F)(F)F)cc1C(=O)O. The number of nitrogens with zero attached hydrogens (tertiary/aromatic N) is 14. The Morgan fingerprint density at radius 1 is 0.267 bits per heavy atom. The number of aromatic amines is 2. The molecule has 0 aliphatic carbocycles. The molecule has 8 aliphatic rings. The van der Waals surface area contributed by atoms with Gasteiger partial charge in [-0.15, -0.1) is 0 Å². The number of aromatic nitrogens is 2. The molecule has 0 spiro atoms. The molecule has 2 aromatic heterocycles. The Bertz CT molecular complexity index is 8910. The number of amidine groups is 10. The maximum Gasteiger partial charge on any atom is 0.402 e. The first kappa shape index (κ1) is 92.9. The number of carboxylic acids is 4. The lowest BCUT2D eigenvalue weighted by Gasteiger charge is -2.34. The maximum atomic E-state index is 15.3. The minimum atomic E-state index is -5.13. The predicted molar refractivity (Wildman–Crippen MR) is 531 cm³/mol. The van der Waals surface area contributed by atoms with Crippen molar-refractivity contribution in [2.75, 3.05) is 49.5 Å². The largest absolute Gasteiger partial charge is 0.478 e. The summed E-state index contributed by atoms with van der Waals surface area (Å²) in [5.74, 6) is -6.99. The highest BCUT2D eigenvalue weighted by Crippen LogP contribution is 2.50. The van der Waals surface area contributed by atoms with Gasteiger partial charge in [0.05, 0.1) is 44.5 Å². The second kappa shape index (κ2) is 35.4. The van der Waals surface area contributed by atoms with E-state index in [0.717, 1.165) is 148 Å². The number of carbonyl (C=O) groups is 8. The number of hydrogen-bond donors (Lipinski definition) is 12. The minimum absolute atomic E-state index is 0.149. The molecule has 22 rings (SSSR count). The van der Waals surface area contributed by atoms with Crippen molar-refractivity contribution in [1.29, 1.82) is 0 Å². The van der Waals surface area contributed by atoms with Crippen molar-refractivity contribution >= 4 is 150 Å². The highest BCUT2D eigenvalue weighted by Gasteiger charge is 2.56. The summed E-state index contributed by atoms with van der Waals surface area (Å²) in [5, 5.41) is 59.5. The molecule has 720 valence electrons. The van der Waals surface area contributed by atoms with Crippen LogP contribution >= 0.6 is 0 Å². The first-order valence-corrected chi connectivity index (χ1v) is 44.9. The van der Waals surface area contributed by atoms with Gasteiger partial charge in [0.15, 0.2) is 70.7 Å². The van der Waals surface area contributed by atoms with E-state index in [0.29, 0.717) is 95.4 Å². The number of H-pyrrole nitrogens is 2. The van der Waals surface area contributed by atoms with E-state index in [9.17, 15) is 58.8 Å². The van der Waals surface area contributed by atoms with Gasteiger partial charge in [-0.3, -0.25) is 19.2 Å². The summed E-state index contributed by atoms with van der Waals surface area (Å²) in [6.07, 6.45) is -11.8. The van der Waals surface area contributed by atoms with Crippen LogP contribution in [0.4, 0.5) is 49.1 Å². The van der Waals surface area contributed by atoms with E-state index in [1.807, 2.05) is 133 Å². The minimum Gasteiger partial charge on any atom is -0.478 e. The summed E-state index contributed by atoms with van der Waals surface area (Å²) >= 11 is 0. The van der Waals surface area contributed by atoms with Crippen molar-refractivity contribution in [3.8, 4) is 0 Å². The number of alkyl halides is 6. The molecule has 12 aromatic carbocycles. The van der Waals surface area contributed by atoms with Gasteiger partial charge in [0.2, 0.25) is 0 Å². The van der Waals surface area contributed by atoms with Crippen LogP contribution in [0, 0.1) is 0 Å². The Hall–Kier alpha value is -19.4. The fraction of sp³-hybridized carbons (Fsp3) is 0.113. The van der Waals surface area contributed by atoms with Crippen LogP contribution in [0.5, 0.6) is 0 Å². The average molecular weight is 1960 g/mol. The summed E-state index contributed by atoms with van der Waals surface area (Å²) in [5.41, 5.74) is -1.56. The van der Waals surface area contributed by atoms with E-state index in [2.05, 4.69) is 41.9 Å². The number of nitrogens with one attached hydrogen (secondary N) is 8. The number of anilines is 4. The number of hydrogen-bond acceptors (Lipinski definition) is 24. The van der Waals surface area contributed by atoms with Crippen LogP contribution in [0.3, 0.4) is 0 Å². The molecule has 34 nitrogen and oxygen atoms in total. The van der Waals surface area contributed by atoms with Gasteiger partial charge in [0.25, 0.3) is 23.6 Å². The van der Waals surface area contributed by atoms with Crippen molar-refractivity contribution in [3.63, 3.8) is 0 Å². The van der Waals surface area contributed by atoms with E-state index in [4.69, 9.17) is 69.9 Å². The lowest BCUT2D eigenvalue weighted by molar-refractivity contribution is -0.173. The molecule has 8 aliphatic heterocycles. The molecule has 0 saturated heterocycles. The second-order valence-electron chi connectivity index (χ2n) is 34.6. The molecule has 0 saturated carbocycles. The highest BCUT2D eigenvalue weighted by molar-refractivity contribution is 6.29. The number of carboxylic acid groups (broad SMARTS) is 4. The van der Waals surface area contributed by atoms with Crippen LogP contribution in [-0.2, 0) is 10.8 Å². The zero-order valence-corrected chi connectivity index (χ0v) is 76.8. The first-order valence-electron chi connectivity index (χ1n) is 44.9. The van der Waals surface area contributed by atoms with E-state index >= 15 is 26.3 Å². The van der Waals surface area contributed by atoms with Gasteiger partial charge in [0.1, 0.15) is 32.8 Å². The second-order valence-corrected chi connectivity index (χ2v) is 34.6. The van der Waals surface area contributed by atoms with Crippen molar-refractivity contribution in [2.24, 2.45) is 69.9 Å². The van der Waals surface area contributed by atoms with Crippen LogP contribution in [-0.4, -0.2) is 177 Å². The van der Waals surface area contributed by atoms with Gasteiger partial charge in [-0.1, -0.05) is 121 Å². The molecule has 12 N–H and O–H groups in total. The smallest absolute Gasteiger partial charge is 0.402 e. The number of benzene rings is 12. The summed E-state index contributed by atoms with van der Waals surface area (Å²) in [7, 11) is 6.06. The number of aliphatic imine (C=N–C) groups is 10. The van der Waals surface area contributed by atoms with Gasteiger partial charge < -0.3 is 62.3 Å². The van der Waals surface area contributed by atoms with Crippen molar-refractivity contribution in [3.05, 3.63) is 398 Å². The molecule has 146 heavy (non-hydrogen) atoms. The van der Waals surface area contributed by atoms with Gasteiger partial charge >= 0.3 is 36.2 Å². The standard InChI is InChI=1S/2C53H36F3N11O6/c1-52(53(54,55)56,24-12-16-34(48(68)58-3)38(20-24)50(70)71)25-13-17-35(39(21-25)51(72)73)49(69)59-27-15-19-33-37(23-27)47-66-45(33)64-43-31-11-7-5-9-29(31)41(62-43)60-40-28-8-4-6-10-30(28)42(61-40)63-44-32-18-14-26(57-2)22-36(32)46(65-44)67-47;1-52(53(54,55)56,24-12-16-34(48(68)58-3)38(20-24)50(70)71)25-13-17-35(39(21-25)51(72)73)49(69)59-27-15-19-33-37(23-27)47-65-44(33)63-42-29-9-5-4-8-28(29)40(61-42)60-41-30-10-6-7-11-31(30)43(62-41)64-46-36-22-26(57-2)14-18-32(36)45(66-46)67-47/h4-23,43,57H,1-3H3,(H,58,68)(H,59,69)(H,70,71)(H,72,73)(H,60,61,62,63,64,65,66,67);4-23,42,57H,1-3H3,(H,58,68)(H,59,69)(H,70,71)(H,72,73)(H,60,61,62,63,64,65,66,67). The van der Waals surface area contributed by atoms with Crippen molar-refractivity contribution in [2.45, 2.75) is 49.4 Å². The maximum absolute atomic E-state index is 15.3. The van der Waals surface area contributed by atoms with Gasteiger partial charge in [-0.05, 0) is 157 Å². The Balaban J connectivity index is 0.000000172. The molecule has 40 heteroatoms. The number of halogens is 6. The monoisotopic (exact) mass is 1960 g/mol. The molecule has 4 atom stereocenters. The summed E-state index contributed by atoms with van der Waals surface area (Å²) < 4.78 is 91.5. The first-order chi connectivity index (χ1) is 70.1. The lowest BCUT2D eigenvalue weighted by Crippen LogP contribution is -2.41. The predicted octanol–water partition coefficient (Wildman–Crippen LogP) is 14.4. The van der Waals surface area contributed by atoms with Gasteiger partial charge in [0, 0.05) is 139 Å². The van der Waals surface area contributed by atoms with Crippen molar-refractivity contribution in [1.82, 2.24) is 20.6 Å². The molecule has 0 fully saturated rings. The Labute approximate surface area is 818 Å². The van der Waals surface area contributed by atoms with Crippen LogP contribution in [0.1, 0.15) is 198 Å². The molecule has 0 radical (unpaired) electrons. The third-order valence-electron chi connectivity index (χ3n) is 26.4. The molecule has 10 heterocycles. The summed E-state index contributed by atoms with van der Waals surface area (Å²) in [4.78, 5) is 180. The quantitative estimate of drug-likeness (QED) is 0.0400. The van der Waals surface area contributed by atoms with Crippen LogP contribution in [0.25, 0.3) is 21.5 Å². The number of amides is 4. The lowest BCUT2D eigenvalue weighted by atomic mass is 9.74. The van der Waals surface area contributed by atoms with E-state index in [1.165, 1.54) is 14.1 Å². The van der Waals surface area contributed by atoms with Gasteiger partial charge in [-0.25, -0.2) is 89.1 Å². The summed E-state index contributed by atoms with van der Waals surface area (Å²) in [6, 6.07) is 61.9. The average Bonchev–Trinajstić information content (AvgIpc) is 1.05.